The number of hydrogen-bond acceptors (Lipinski definition) is 1. The first-order valence-electron chi connectivity index (χ1n) is 3.68. The third-order valence-corrected chi connectivity index (χ3v) is 2.10. The van der Waals surface area contributed by atoms with Crippen LogP contribution in [-0.4, -0.2) is 16.0 Å². The summed E-state index contributed by atoms with van der Waals surface area (Å²) in [5, 5.41) is 0. The first kappa shape index (κ1) is 7.66. The summed E-state index contributed by atoms with van der Waals surface area (Å²) < 4.78 is 6.30. The Morgan fingerprint density at radius 2 is 2.00 bits per heavy atom. The van der Waals surface area contributed by atoms with Crippen molar-refractivity contribution < 1.29 is 4.74 Å². The van der Waals surface area contributed by atoms with E-state index in [0.717, 1.165) is 16.0 Å². The van der Waals surface area contributed by atoms with E-state index in [-0.39, 0.29) is 0 Å². The molecule has 0 fully saturated rings. The SMILES string of the molecule is [Se]C1=CC=Cc2ccccc2O1. The molecule has 1 radical (unpaired) electrons. The van der Waals surface area contributed by atoms with Gasteiger partial charge in [-0.25, -0.2) is 0 Å². The summed E-state index contributed by atoms with van der Waals surface area (Å²) in [5.74, 6) is 0.899. The Hall–Kier alpha value is -0.981. The van der Waals surface area contributed by atoms with E-state index in [1.54, 1.807) is 0 Å². The van der Waals surface area contributed by atoms with E-state index in [4.69, 9.17) is 4.74 Å². The fraction of sp³-hybridized carbons (Fsp3) is 0. The predicted molar refractivity (Wildman–Crippen MR) is 49.9 cm³/mol. The van der Waals surface area contributed by atoms with Gasteiger partial charge in [0.2, 0.25) is 0 Å². The molecule has 0 bridgehead atoms. The molecular formula is C10H7OSe. The van der Waals surface area contributed by atoms with Crippen molar-refractivity contribution in [2.45, 2.75) is 0 Å². The molecule has 1 aromatic rings. The van der Waals surface area contributed by atoms with Gasteiger partial charge in [0.1, 0.15) is 0 Å². The van der Waals surface area contributed by atoms with E-state index in [2.05, 4.69) is 16.0 Å². The molecule has 59 valence electrons. The molecule has 1 nitrogen and oxygen atoms in total. The van der Waals surface area contributed by atoms with Crippen LogP contribution in [0.3, 0.4) is 0 Å². The van der Waals surface area contributed by atoms with Crippen molar-refractivity contribution in [3.05, 3.63) is 46.6 Å². The Morgan fingerprint density at radius 1 is 1.17 bits per heavy atom. The molecule has 0 N–H and O–H groups in total. The Kier molecular flexibility index (Phi) is 2.03. The van der Waals surface area contributed by atoms with Crippen LogP contribution in [0.1, 0.15) is 5.56 Å². The van der Waals surface area contributed by atoms with Gasteiger partial charge < -0.3 is 0 Å². The maximum atomic E-state index is 5.50. The molecule has 0 spiro atoms. The molecule has 0 unspecified atom stereocenters. The van der Waals surface area contributed by atoms with Crippen molar-refractivity contribution in [3.8, 4) is 5.75 Å². The van der Waals surface area contributed by atoms with Gasteiger partial charge in [-0.1, -0.05) is 0 Å². The Balaban J connectivity index is 2.49. The van der Waals surface area contributed by atoms with Gasteiger partial charge in [0.05, 0.1) is 0 Å². The average molecular weight is 222 g/mol. The van der Waals surface area contributed by atoms with Crippen LogP contribution >= 0.6 is 0 Å². The molecule has 0 saturated carbocycles. The molecule has 12 heavy (non-hydrogen) atoms. The zero-order chi connectivity index (χ0) is 8.39. The normalized spacial score (nSPS) is 14.2. The van der Waals surface area contributed by atoms with Crippen molar-refractivity contribution in [2.24, 2.45) is 0 Å². The van der Waals surface area contributed by atoms with E-state index in [9.17, 15) is 0 Å². The van der Waals surface area contributed by atoms with Gasteiger partial charge in [-0.3, -0.25) is 0 Å². The fourth-order valence-corrected chi connectivity index (χ4v) is 1.44. The summed E-state index contributed by atoms with van der Waals surface area (Å²) >= 11 is 2.85. The van der Waals surface area contributed by atoms with Crippen molar-refractivity contribution in [2.75, 3.05) is 0 Å². The molecule has 2 heteroatoms. The van der Waals surface area contributed by atoms with Crippen LogP contribution in [0, 0.1) is 0 Å². The third-order valence-electron chi connectivity index (χ3n) is 1.64. The summed E-state index contributed by atoms with van der Waals surface area (Å²) in [6.45, 7) is 0. The van der Waals surface area contributed by atoms with Gasteiger partial charge in [0.25, 0.3) is 0 Å². The summed E-state index contributed by atoms with van der Waals surface area (Å²) in [6.07, 6.45) is 5.90. The molecule has 0 saturated heterocycles. The first-order valence-corrected chi connectivity index (χ1v) is 4.54. The topological polar surface area (TPSA) is 9.23 Å². The predicted octanol–water partition coefficient (Wildman–Crippen LogP) is 2.10. The maximum absolute atomic E-state index is 5.50. The molecule has 0 atom stereocenters. The van der Waals surface area contributed by atoms with Crippen LogP contribution in [0.25, 0.3) is 6.08 Å². The summed E-state index contributed by atoms with van der Waals surface area (Å²) in [6, 6.07) is 7.94. The van der Waals surface area contributed by atoms with Gasteiger partial charge in [0.15, 0.2) is 0 Å². The Morgan fingerprint density at radius 3 is 2.92 bits per heavy atom. The van der Waals surface area contributed by atoms with E-state index in [1.807, 2.05) is 42.5 Å². The molecule has 0 aromatic heterocycles. The van der Waals surface area contributed by atoms with Crippen LogP contribution in [0.15, 0.2) is 41.1 Å². The van der Waals surface area contributed by atoms with Crippen molar-refractivity contribution >= 4 is 22.1 Å². The molecule has 1 aliphatic heterocycles. The molecular weight excluding hydrogens is 215 g/mol. The molecule has 1 heterocycles. The fourth-order valence-electron chi connectivity index (χ4n) is 1.08. The summed E-state index contributed by atoms with van der Waals surface area (Å²) in [4.78, 5) is 0. The van der Waals surface area contributed by atoms with Crippen LogP contribution < -0.4 is 4.74 Å². The number of benzene rings is 1. The van der Waals surface area contributed by atoms with E-state index in [0.29, 0.717) is 0 Å². The number of fused-ring (bicyclic) bond motifs is 1. The second-order valence-corrected chi connectivity index (χ2v) is 3.33. The first-order chi connectivity index (χ1) is 5.86. The second-order valence-electron chi connectivity index (χ2n) is 2.48. The van der Waals surface area contributed by atoms with E-state index >= 15 is 0 Å². The van der Waals surface area contributed by atoms with E-state index < -0.39 is 0 Å². The van der Waals surface area contributed by atoms with Crippen LogP contribution in [0.2, 0.25) is 0 Å². The molecule has 1 aliphatic rings. The van der Waals surface area contributed by atoms with Gasteiger partial charge >= 0.3 is 79.2 Å². The Bertz CT molecular complexity index is 353. The third kappa shape index (κ3) is 1.45. The van der Waals surface area contributed by atoms with Gasteiger partial charge in [-0.15, -0.1) is 0 Å². The minimum absolute atomic E-state index is 0.802. The number of rotatable bonds is 0. The van der Waals surface area contributed by atoms with Gasteiger partial charge in [-0.2, -0.15) is 0 Å². The second kappa shape index (κ2) is 3.18. The zero-order valence-corrected chi connectivity index (χ0v) is 8.07. The van der Waals surface area contributed by atoms with Crippen molar-refractivity contribution in [1.29, 1.82) is 0 Å². The van der Waals surface area contributed by atoms with Crippen LogP contribution in [-0.2, 0) is 0 Å². The Labute approximate surface area is 79.6 Å². The van der Waals surface area contributed by atoms with Crippen LogP contribution in [0.5, 0.6) is 5.75 Å². The van der Waals surface area contributed by atoms with Gasteiger partial charge in [0, 0.05) is 0 Å². The quantitative estimate of drug-likeness (QED) is 0.611. The standard InChI is InChI=1S/C10H7OSe/c12-10-7-3-5-8-4-1-2-6-9(8)11-10/h1-7H. The minimum atomic E-state index is 0.802. The molecule has 1 aromatic carbocycles. The van der Waals surface area contributed by atoms with Crippen molar-refractivity contribution in [3.63, 3.8) is 0 Å². The monoisotopic (exact) mass is 223 g/mol. The van der Waals surface area contributed by atoms with Gasteiger partial charge in [-0.05, 0) is 0 Å². The van der Waals surface area contributed by atoms with Crippen LogP contribution in [0.4, 0.5) is 0 Å². The molecule has 0 amide bonds. The average Bonchev–Trinajstić information content (AvgIpc) is 2.25. The van der Waals surface area contributed by atoms with Crippen molar-refractivity contribution in [1.82, 2.24) is 0 Å². The number of ether oxygens (including phenoxy) is 1. The molecule has 0 aliphatic carbocycles. The summed E-state index contributed by atoms with van der Waals surface area (Å²) in [7, 11) is 0. The number of allylic oxidation sites excluding steroid dienone is 2. The zero-order valence-electron chi connectivity index (χ0n) is 6.36. The number of para-hydroxylation sites is 1. The molecule has 2 rings (SSSR count). The summed E-state index contributed by atoms with van der Waals surface area (Å²) in [5.41, 5.74) is 1.11. The van der Waals surface area contributed by atoms with E-state index in [1.165, 1.54) is 0 Å². The number of hydrogen-bond donors (Lipinski definition) is 0.